The number of nitrogens with zero attached hydrogens (tertiary/aromatic N) is 1. The van der Waals surface area contributed by atoms with Crippen molar-refractivity contribution in [2.24, 2.45) is 0 Å². The lowest BCUT2D eigenvalue weighted by atomic mass is 10.1. The van der Waals surface area contributed by atoms with Crippen LogP contribution in [0, 0.1) is 0 Å². The summed E-state index contributed by atoms with van der Waals surface area (Å²) >= 11 is 0. The van der Waals surface area contributed by atoms with Gasteiger partial charge < -0.3 is 4.90 Å². The maximum atomic E-state index is 12.7. The van der Waals surface area contributed by atoms with Crippen LogP contribution < -0.4 is 0 Å². The van der Waals surface area contributed by atoms with Crippen molar-refractivity contribution in [3.05, 3.63) is 36.6 Å². The van der Waals surface area contributed by atoms with Crippen LogP contribution in [0.2, 0.25) is 0 Å². The first kappa shape index (κ1) is 16.7. The number of hydrogen-bond acceptors (Lipinski definition) is 1. The molecule has 18 heavy (non-hydrogen) atoms. The molecule has 0 aromatic rings. The van der Waals surface area contributed by atoms with E-state index in [4.69, 9.17) is 0 Å². The first-order chi connectivity index (χ1) is 8.12. The molecule has 0 bridgehead atoms. The third-order valence-corrected chi connectivity index (χ3v) is 2.22. The van der Waals surface area contributed by atoms with Crippen molar-refractivity contribution >= 4 is 0 Å². The van der Waals surface area contributed by atoms with Crippen LogP contribution in [0.5, 0.6) is 0 Å². The standard InChI is InChI=1S/C12H16F5N/c1-4-5-6-7-10(18(2)3)8-9-11(13,14)12(15,16)17/h4-7H,1,8-9H2,2-3H3/b6-5-,10-7-. The molecule has 0 aliphatic rings. The third-order valence-electron chi connectivity index (χ3n) is 2.22. The third kappa shape index (κ3) is 5.33. The SMILES string of the molecule is C=C/C=C\C=C(\CCC(F)(F)C(F)(F)F)N(C)C. The van der Waals surface area contributed by atoms with Crippen LogP contribution in [0.25, 0.3) is 0 Å². The summed E-state index contributed by atoms with van der Waals surface area (Å²) in [5, 5.41) is 0. The van der Waals surface area contributed by atoms with Crippen molar-refractivity contribution in [1.82, 2.24) is 4.90 Å². The normalized spacial score (nSPS) is 14.1. The van der Waals surface area contributed by atoms with Gasteiger partial charge in [-0.3, -0.25) is 0 Å². The maximum absolute atomic E-state index is 12.7. The first-order valence-corrected chi connectivity index (χ1v) is 5.22. The summed E-state index contributed by atoms with van der Waals surface area (Å²) < 4.78 is 61.4. The molecule has 1 nitrogen and oxygen atoms in total. The van der Waals surface area contributed by atoms with Gasteiger partial charge in [0.15, 0.2) is 0 Å². The van der Waals surface area contributed by atoms with Crippen molar-refractivity contribution in [1.29, 1.82) is 0 Å². The van der Waals surface area contributed by atoms with Crippen molar-refractivity contribution in [2.75, 3.05) is 14.1 Å². The van der Waals surface area contributed by atoms with Crippen LogP contribution in [0.4, 0.5) is 22.0 Å². The highest BCUT2D eigenvalue weighted by atomic mass is 19.4. The van der Waals surface area contributed by atoms with Gasteiger partial charge in [-0.2, -0.15) is 22.0 Å². The van der Waals surface area contributed by atoms with Gasteiger partial charge >= 0.3 is 12.1 Å². The Morgan fingerprint density at radius 2 is 1.67 bits per heavy atom. The summed E-state index contributed by atoms with van der Waals surface area (Å²) in [6.07, 6.45) is -1.06. The number of hydrogen-bond donors (Lipinski definition) is 0. The van der Waals surface area contributed by atoms with E-state index in [0.717, 1.165) is 0 Å². The van der Waals surface area contributed by atoms with Crippen LogP contribution in [-0.4, -0.2) is 31.1 Å². The highest BCUT2D eigenvalue weighted by Gasteiger charge is 2.56. The molecule has 0 aromatic heterocycles. The van der Waals surface area contributed by atoms with Gasteiger partial charge in [-0.25, -0.2) is 0 Å². The van der Waals surface area contributed by atoms with E-state index in [0.29, 0.717) is 5.70 Å². The van der Waals surface area contributed by atoms with E-state index < -0.39 is 18.5 Å². The largest absolute Gasteiger partial charge is 0.453 e. The molecule has 0 rings (SSSR count). The highest BCUT2D eigenvalue weighted by Crippen LogP contribution is 2.39. The van der Waals surface area contributed by atoms with E-state index in [9.17, 15) is 22.0 Å². The maximum Gasteiger partial charge on any atom is 0.453 e. The Bertz CT molecular complexity index is 326. The molecule has 104 valence electrons. The minimum absolute atomic E-state index is 0.360. The summed E-state index contributed by atoms with van der Waals surface area (Å²) in [5.41, 5.74) is 0.386. The molecular formula is C12H16F5N. The second kappa shape index (κ2) is 6.56. The molecule has 0 N–H and O–H groups in total. The van der Waals surface area contributed by atoms with Crippen LogP contribution in [0.15, 0.2) is 36.6 Å². The lowest BCUT2D eigenvalue weighted by Gasteiger charge is -2.22. The molecule has 0 spiro atoms. The summed E-state index contributed by atoms with van der Waals surface area (Å²) in [7, 11) is 3.17. The molecule has 0 saturated heterocycles. The van der Waals surface area contributed by atoms with Gasteiger partial charge in [0, 0.05) is 26.2 Å². The lowest BCUT2D eigenvalue weighted by Crippen LogP contribution is -2.36. The molecule has 0 amide bonds. The molecule has 0 aliphatic carbocycles. The van der Waals surface area contributed by atoms with Gasteiger partial charge in [-0.15, -0.1) is 0 Å². The van der Waals surface area contributed by atoms with Crippen molar-refractivity contribution in [3.8, 4) is 0 Å². The summed E-state index contributed by atoms with van der Waals surface area (Å²) in [4.78, 5) is 1.50. The van der Waals surface area contributed by atoms with Crippen LogP contribution >= 0.6 is 0 Å². The first-order valence-electron chi connectivity index (χ1n) is 5.22. The molecule has 0 fully saturated rings. The topological polar surface area (TPSA) is 3.24 Å². The zero-order valence-corrected chi connectivity index (χ0v) is 10.3. The zero-order valence-electron chi connectivity index (χ0n) is 10.3. The smallest absolute Gasteiger partial charge is 0.381 e. The fraction of sp³-hybridized carbons (Fsp3) is 0.500. The number of alkyl halides is 5. The minimum atomic E-state index is -5.50. The van der Waals surface area contributed by atoms with Gasteiger partial charge in [0.25, 0.3) is 0 Å². The summed E-state index contributed by atoms with van der Waals surface area (Å²) in [5.74, 6) is -4.66. The van der Waals surface area contributed by atoms with Crippen molar-refractivity contribution in [3.63, 3.8) is 0 Å². The molecule has 0 aliphatic heterocycles. The minimum Gasteiger partial charge on any atom is -0.381 e. The summed E-state index contributed by atoms with van der Waals surface area (Å²) in [6.45, 7) is 3.42. The van der Waals surface area contributed by atoms with Crippen LogP contribution in [-0.2, 0) is 0 Å². The van der Waals surface area contributed by atoms with Crippen molar-refractivity contribution < 1.29 is 22.0 Å². The Kier molecular flexibility index (Phi) is 6.08. The van der Waals surface area contributed by atoms with Gasteiger partial charge in [0.1, 0.15) is 0 Å². The van der Waals surface area contributed by atoms with E-state index in [2.05, 4.69) is 6.58 Å². The van der Waals surface area contributed by atoms with Crippen LogP contribution in [0.3, 0.4) is 0 Å². The molecule has 0 aromatic carbocycles. The monoisotopic (exact) mass is 269 g/mol. The molecule has 0 saturated carbocycles. The van der Waals surface area contributed by atoms with E-state index in [-0.39, 0.29) is 6.42 Å². The Morgan fingerprint density at radius 3 is 2.06 bits per heavy atom. The fourth-order valence-electron chi connectivity index (χ4n) is 1.13. The zero-order chi connectivity index (χ0) is 14.4. The summed E-state index contributed by atoms with van der Waals surface area (Å²) in [6, 6.07) is 0. The fourth-order valence-corrected chi connectivity index (χ4v) is 1.13. The highest BCUT2D eigenvalue weighted by molar-refractivity contribution is 5.15. The Balaban J connectivity index is 4.69. The molecule has 0 heterocycles. The number of halogens is 5. The second-order valence-corrected chi connectivity index (χ2v) is 3.88. The van der Waals surface area contributed by atoms with E-state index in [1.54, 1.807) is 20.2 Å². The van der Waals surface area contributed by atoms with Crippen LogP contribution in [0.1, 0.15) is 12.8 Å². The predicted molar refractivity (Wildman–Crippen MR) is 61.3 cm³/mol. The molecule has 0 unspecified atom stereocenters. The quantitative estimate of drug-likeness (QED) is 0.517. The Labute approximate surface area is 103 Å². The number of allylic oxidation sites excluding steroid dienone is 5. The average molecular weight is 269 g/mol. The Hall–Kier alpha value is -1.33. The molecular weight excluding hydrogens is 253 g/mol. The predicted octanol–water partition coefficient (Wildman–Crippen LogP) is 4.15. The second-order valence-electron chi connectivity index (χ2n) is 3.88. The lowest BCUT2D eigenvalue weighted by molar-refractivity contribution is -0.284. The van der Waals surface area contributed by atoms with E-state index in [1.807, 2.05) is 0 Å². The van der Waals surface area contributed by atoms with E-state index in [1.165, 1.54) is 23.1 Å². The average Bonchev–Trinajstić information content (AvgIpc) is 2.20. The number of rotatable bonds is 6. The van der Waals surface area contributed by atoms with Gasteiger partial charge in [-0.1, -0.05) is 24.8 Å². The molecule has 6 heteroatoms. The van der Waals surface area contributed by atoms with Gasteiger partial charge in [0.2, 0.25) is 0 Å². The molecule has 0 radical (unpaired) electrons. The van der Waals surface area contributed by atoms with E-state index >= 15 is 0 Å². The molecule has 0 atom stereocenters. The van der Waals surface area contributed by atoms with Gasteiger partial charge in [-0.05, 0) is 12.5 Å². The van der Waals surface area contributed by atoms with Crippen molar-refractivity contribution in [2.45, 2.75) is 24.9 Å². The van der Waals surface area contributed by atoms with Gasteiger partial charge in [0.05, 0.1) is 0 Å². The Morgan fingerprint density at radius 1 is 1.11 bits per heavy atom.